The van der Waals surface area contributed by atoms with Gasteiger partial charge in [0.25, 0.3) is 0 Å². The minimum absolute atomic E-state index is 1.00. The first kappa shape index (κ1) is 20.4. The minimum Gasteiger partial charge on any atom is -0.256 e. The Morgan fingerprint density at radius 1 is 0.471 bits per heavy atom. The molecule has 0 amide bonds. The lowest BCUT2D eigenvalue weighted by Crippen LogP contribution is -1.90. The molecule has 0 radical (unpaired) electrons. The molecule has 1 nitrogen and oxygen atoms in total. The molecule has 1 heterocycles. The van der Waals surface area contributed by atoms with Crippen LogP contribution in [0.15, 0.2) is 115 Å². The fourth-order valence-corrected chi connectivity index (χ4v) is 4.93. The van der Waals surface area contributed by atoms with Gasteiger partial charge in [-0.05, 0) is 88.0 Å². The first-order valence-corrected chi connectivity index (χ1v) is 11.7. The van der Waals surface area contributed by atoms with E-state index < -0.39 is 0 Å². The number of aryl methyl sites for hydroxylation is 2. The van der Waals surface area contributed by atoms with Crippen LogP contribution in [0.4, 0.5) is 0 Å². The summed E-state index contributed by atoms with van der Waals surface area (Å²) in [5, 5.41) is 4.92. The largest absolute Gasteiger partial charge is 0.256 e. The number of nitrogens with zero attached hydrogens (tertiary/aromatic N) is 1. The zero-order valence-electron chi connectivity index (χ0n) is 19.4. The molecule has 0 aliphatic heterocycles. The van der Waals surface area contributed by atoms with E-state index in [4.69, 9.17) is 4.98 Å². The molecule has 162 valence electrons. The summed E-state index contributed by atoms with van der Waals surface area (Å²) in [5.74, 6) is 0. The van der Waals surface area contributed by atoms with Gasteiger partial charge in [0, 0.05) is 11.8 Å². The maximum atomic E-state index is 4.73. The summed E-state index contributed by atoms with van der Waals surface area (Å²) >= 11 is 0. The van der Waals surface area contributed by atoms with Crippen LogP contribution < -0.4 is 0 Å². The Hall–Kier alpha value is -4.23. The van der Waals surface area contributed by atoms with Crippen LogP contribution in [0.2, 0.25) is 0 Å². The summed E-state index contributed by atoms with van der Waals surface area (Å²) in [6.45, 7) is 4.29. The molecule has 0 spiro atoms. The Morgan fingerprint density at radius 2 is 1.03 bits per heavy atom. The average molecular weight is 436 g/mol. The van der Waals surface area contributed by atoms with Crippen molar-refractivity contribution in [3.05, 3.63) is 127 Å². The zero-order chi connectivity index (χ0) is 23.1. The van der Waals surface area contributed by atoms with E-state index in [9.17, 15) is 0 Å². The van der Waals surface area contributed by atoms with E-state index in [0.717, 1.165) is 5.69 Å². The van der Waals surface area contributed by atoms with Crippen molar-refractivity contribution in [3.63, 3.8) is 0 Å². The Kier molecular flexibility index (Phi) is 4.96. The number of fused-ring (bicyclic) bond motifs is 2. The summed E-state index contributed by atoms with van der Waals surface area (Å²) in [7, 11) is 0. The molecule has 0 N–H and O–H groups in total. The van der Waals surface area contributed by atoms with E-state index in [-0.39, 0.29) is 0 Å². The van der Waals surface area contributed by atoms with Crippen molar-refractivity contribution >= 4 is 21.5 Å². The second-order valence-electron chi connectivity index (χ2n) is 9.08. The van der Waals surface area contributed by atoms with Crippen molar-refractivity contribution < 1.29 is 0 Å². The molecule has 6 aromatic rings. The number of rotatable bonds is 3. The topological polar surface area (TPSA) is 12.9 Å². The molecule has 0 bridgehead atoms. The van der Waals surface area contributed by atoms with Gasteiger partial charge in [-0.25, -0.2) is 0 Å². The number of aromatic nitrogens is 1. The highest BCUT2D eigenvalue weighted by molar-refractivity contribution is 6.13. The molecular weight excluding hydrogens is 410 g/mol. The van der Waals surface area contributed by atoms with Gasteiger partial charge in [0.2, 0.25) is 0 Å². The molecule has 0 atom stereocenters. The SMILES string of the molecule is Cc1cccc(-c2ccc3c(-c4ccccn4)c4ccc(-c5cccc(C)c5)cc4cc3c2)c1. The van der Waals surface area contributed by atoms with Gasteiger partial charge in [-0.15, -0.1) is 0 Å². The van der Waals surface area contributed by atoms with Crippen LogP contribution >= 0.6 is 0 Å². The predicted octanol–water partition coefficient (Wildman–Crippen LogP) is 9.01. The lowest BCUT2D eigenvalue weighted by Gasteiger charge is -2.14. The first-order chi connectivity index (χ1) is 16.7. The van der Waals surface area contributed by atoms with Crippen LogP contribution in [-0.2, 0) is 0 Å². The fourth-order valence-electron chi connectivity index (χ4n) is 4.93. The van der Waals surface area contributed by atoms with Crippen LogP contribution in [0.3, 0.4) is 0 Å². The highest BCUT2D eigenvalue weighted by Gasteiger charge is 2.13. The minimum atomic E-state index is 1.00. The van der Waals surface area contributed by atoms with Crippen LogP contribution in [0, 0.1) is 13.8 Å². The Balaban J connectivity index is 1.64. The molecule has 6 rings (SSSR count). The second-order valence-corrected chi connectivity index (χ2v) is 9.08. The first-order valence-electron chi connectivity index (χ1n) is 11.7. The van der Waals surface area contributed by atoms with Crippen LogP contribution in [-0.4, -0.2) is 4.98 Å². The molecule has 0 saturated carbocycles. The van der Waals surface area contributed by atoms with E-state index in [2.05, 4.69) is 117 Å². The lowest BCUT2D eigenvalue weighted by molar-refractivity contribution is 1.34. The highest BCUT2D eigenvalue weighted by atomic mass is 14.7. The Bertz CT molecular complexity index is 1560. The van der Waals surface area contributed by atoms with Gasteiger partial charge in [-0.2, -0.15) is 0 Å². The van der Waals surface area contributed by atoms with Crippen molar-refractivity contribution in [2.45, 2.75) is 13.8 Å². The maximum Gasteiger partial charge on any atom is 0.0714 e. The van der Waals surface area contributed by atoms with Gasteiger partial charge in [-0.1, -0.05) is 90.0 Å². The van der Waals surface area contributed by atoms with Gasteiger partial charge < -0.3 is 0 Å². The fraction of sp³-hybridized carbons (Fsp3) is 0.0606. The van der Waals surface area contributed by atoms with E-state index in [1.807, 2.05) is 12.3 Å². The molecule has 0 aliphatic carbocycles. The van der Waals surface area contributed by atoms with Crippen LogP contribution in [0.5, 0.6) is 0 Å². The van der Waals surface area contributed by atoms with E-state index >= 15 is 0 Å². The quantitative estimate of drug-likeness (QED) is 0.253. The van der Waals surface area contributed by atoms with Crippen molar-refractivity contribution in [3.8, 4) is 33.5 Å². The van der Waals surface area contributed by atoms with Crippen molar-refractivity contribution in [2.24, 2.45) is 0 Å². The molecule has 5 aromatic carbocycles. The van der Waals surface area contributed by atoms with E-state index in [0.29, 0.717) is 0 Å². The highest BCUT2D eigenvalue weighted by Crippen LogP contribution is 2.38. The van der Waals surface area contributed by atoms with Gasteiger partial charge >= 0.3 is 0 Å². The Morgan fingerprint density at radius 3 is 1.53 bits per heavy atom. The van der Waals surface area contributed by atoms with Crippen molar-refractivity contribution in [1.29, 1.82) is 0 Å². The lowest BCUT2D eigenvalue weighted by atomic mass is 9.90. The molecule has 0 fully saturated rings. The number of benzene rings is 5. The van der Waals surface area contributed by atoms with E-state index in [1.54, 1.807) is 0 Å². The van der Waals surface area contributed by atoms with Crippen LogP contribution in [0.25, 0.3) is 55.1 Å². The molecule has 1 heteroatoms. The maximum absolute atomic E-state index is 4.73. The van der Waals surface area contributed by atoms with Crippen LogP contribution in [0.1, 0.15) is 11.1 Å². The monoisotopic (exact) mass is 435 g/mol. The summed E-state index contributed by atoms with van der Waals surface area (Å²) in [5.41, 5.74) is 9.70. The van der Waals surface area contributed by atoms with Crippen molar-refractivity contribution in [1.82, 2.24) is 4.98 Å². The third kappa shape index (κ3) is 3.66. The third-order valence-electron chi connectivity index (χ3n) is 6.58. The number of pyridine rings is 1. The predicted molar refractivity (Wildman–Crippen MR) is 145 cm³/mol. The zero-order valence-corrected chi connectivity index (χ0v) is 19.4. The smallest absolute Gasteiger partial charge is 0.0714 e. The molecule has 0 saturated heterocycles. The molecule has 0 unspecified atom stereocenters. The number of hydrogen-bond donors (Lipinski definition) is 0. The van der Waals surface area contributed by atoms with Gasteiger partial charge in [0.15, 0.2) is 0 Å². The van der Waals surface area contributed by atoms with Gasteiger partial charge in [0.05, 0.1) is 5.69 Å². The summed E-state index contributed by atoms with van der Waals surface area (Å²) in [6.07, 6.45) is 1.88. The third-order valence-corrected chi connectivity index (χ3v) is 6.58. The molecule has 1 aromatic heterocycles. The van der Waals surface area contributed by atoms with Gasteiger partial charge in [-0.3, -0.25) is 4.98 Å². The summed E-state index contributed by atoms with van der Waals surface area (Å²) < 4.78 is 0. The summed E-state index contributed by atoms with van der Waals surface area (Å²) in [4.78, 5) is 4.73. The molecule has 0 aliphatic rings. The molecule has 34 heavy (non-hydrogen) atoms. The Labute approximate surface area is 200 Å². The molecular formula is C33H25N. The standard InChI is InChI=1S/C33H25N/c1-22-7-5-9-24(17-22)26-12-14-30-28(19-26)21-29-20-27(25-10-6-8-23(2)18-25)13-15-31(29)33(30)32-11-3-4-16-34-32/h3-21H,1-2H3. The van der Waals surface area contributed by atoms with Crippen molar-refractivity contribution in [2.75, 3.05) is 0 Å². The second kappa shape index (κ2) is 8.28. The average Bonchev–Trinajstić information content (AvgIpc) is 2.87. The normalized spacial score (nSPS) is 11.2. The van der Waals surface area contributed by atoms with E-state index in [1.165, 1.54) is 60.5 Å². The van der Waals surface area contributed by atoms with Gasteiger partial charge in [0.1, 0.15) is 0 Å². The summed E-state index contributed by atoms with van der Waals surface area (Å²) in [6, 6.07) is 39.5. The number of hydrogen-bond acceptors (Lipinski definition) is 1.